The van der Waals surface area contributed by atoms with Crippen LogP contribution in [0.5, 0.6) is 0 Å². The van der Waals surface area contributed by atoms with Gasteiger partial charge in [-0.2, -0.15) is 0 Å². The van der Waals surface area contributed by atoms with E-state index < -0.39 is 0 Å². The first-order chi connectivity index (χ1) is 26.7. The molecule has 0 unspecified atom stereocenters. The van der Waals surface area contributed by atoms with E-state index >= 15 is 0 Å². The van der Waals surface area contributed by atoms with E-state index in [2.05, 4.69) is 175 Å². The second kappa shape index (κ2) is 12.6. The number of hydrogen-bond donors (Lipinski definition) is 0. The van der Waals surface area contributed by atoms with E-state index in [4.69, 9.17) is 9.40 Å². The lowest BCUT2D eigenvalue weighted by atomic mass is 10.0. The van der Waals surface area contributed by atoms with E-state index in [9.17, 15) is 0 Å². The second-order valence-electron chi connectivity index (χ2n) is 13.6. The monoisotopic (exact) mass is 726 g/mol. The zero-order valence-corrected chi connectivity index (χ0v) is 30.6. The minimum absolute atomic E-state index is 0.874. The number of rotatable bonds is 6. The standard InChI is InChI=1S/C49H30N2OS2/c1-3-9-31(10-4-1)32-15-20-36(21-16-32)51(38-24-26-40-39-13-7-8-14-42(39)52-43(40)30-38)37-22-17-33(18-23-37)35-19-25-41-46(29-35)53-44-27-28-45-48(47(41)44)50-49(54-45)34-11-5-2-6-12-34/h1-30H. The van der Waals surface area contributed by atoms with Crippen molar-refractivity contribution in [1.29, 1.82) is 0 Å². The number of hydrogen-bond acceptors (Lipinski definition) is 5. The Morgan fingerprint density at radius 3 is 1.72 bits per heavy atom. The maximum Gasteiger partial charge on any atom is 0.137 e. The molecule has 0 radical (unpaired) electrons. The van der Waals surface area contributed by atoms with E-state index in [-0.39, 0.29) is 0 Å². The zero-order valence-electron chi connectivity index (χ0n) is 28.9. The molecule has 0 saturated heterocycles. The molecule has 0 aliphatic heterocycles. The Hall–Kier alpha value is -6.53. The summed E-state index contributed by atoms with van der Waals surface area (Å²) in [6.07, 6.45) is 0. The molecule has 254 valence electrons. The lowest BCUT2D eigenvalue weighted by molar-refractivity contribution is 0.669. The van der Waals surface area contributed by atoms with Crippen molar-refractivity contribution in [2.24, 2.45) is 0 Å². The summed E-state index contributed by atoms with van der Waals surface area (Å²) in [5.74, 6) is 0. The lowest BCUT2D eigenvalue weighted by Gasteiger charge is -2.26. The quantitative estimate of drug-likeness (QED) is 0.171. The minimum Gasteiger partial charge on any atom is -0.456 e. The maximum absolute atomic E-state index is 6.34. The zero-order chi connectivity index (χ0) is 35.6. The Kier molecular flexibility index (Phi) is 7.22. The van der Waals surface area contributed by atoms with Gasteiger partial charge in [-0.25, -0.2) is 4.98 Å². The molecular formula is C49H30N2OS2. The number of aromatic nitrogens is 1. The van der Waals surface area contributed by atoms with Crippen LogP contribution in [-0.2, 0) is 0 Å². The molecule has 0 aliphatic rings. The van der Waals surface area contributed by atoms with Gasteiger partial charge in [0.1, 0.15) is 16.2 Å². The summed E-state index contributed by atoms with van der Waals surface area (Å²) in [4.78, 5) is 7.46. The van der Waals surface area contributed by atoms with Gasteiger partial charge in [0.25, 0.3) is 0 Å². The highest BCUT2D eigenvalue weighted by Crippen LogP contribution is 2.44. The third-order valence-corrected chi connectivity index (χ3v) is 12.5. The average Bonchev–Trinajstić information content (AvgIpc) is 3.95. The number of anilines is 3. The molecule has 54 heavy (non-hydrogen) atoms. The summed E-state index contributed by atoms with van der Waals surface area (Å²) in [6, 6.07) is 64.9. The SMILES string of the molecule is c1ccc(-c2ccc(N(c3ccc(-c4ccc5c(c4)sc4ccc6sc(-c7ccccc7)nc6c45)cc3)c3ccc4c(c3)oc3ccccc34)cc2)cc1. The molecule has 0 N–H and O–H groups in total. The van der Waals surface area contributed by atoms with Gasteiger partial charge in [-0.05, 0) is 82.9 Å². The third kappa shape index (κ3) is 5.20. The van der Waals surface area contributed by atoms with Gasteiger partial charge < -0.3 is 9.32 Å². The van der Waals surface area contributed by atoms with E-state index in [1.807, 2.05) is 23.5 Å². The van der Waals surface area contributed by atoms with Gasteiger partial charge >= 0.3 is 0 Å². The van der Waals surface area contributed by atoms with Crippen LogP contribution in [0.25, 0.3) is 85.2 Å². The van der Waals surface area contributed by atoms with Crippen molar-refractivity contribution >= 4 is 92.1 Å². The number of para-hydroxylation sites is 1. The number of thiazole rings is 1. The predicted octanol–water partition coefficient (Wildman–Crippen LogP) is 15.0. The highest BCUT2D eigenvalue weighted by atomic mass is 32.1. The number of fused-ring (bicyclic) bond motifs is 8. The van der Waals surface area contributed by atoms with Gasteiger partial charge in [0, 0.05) is 59.6 Å². The van der Waals surface area contributed by atoms with Crippen LogP contribution in [0.2, 0.25) is 0 Å². The molecule has 0 fully saturated rings. The number of benzene rings is 8. The number of nitrogens with zero attached hydrogens (tertiary/aromatic N) is 2. The predicted molar refractivity (Wildman–Crippen MR) is 231 cm³/mol. The highest BCUT2D eigenvalue weighted by molar-refractivity contribution is 7.26. The van der Waals surface area contributed by atoms with Crippen molar-refractivity contribution in [1.82, 2.24) is 4.98 Å². The molecule has 0 amide bonds. The Labute approximate surface area is 319 Å². The molecule has 3 nitrogen and oxygen atoms in total. The molecule has 0 bridgehead atoms. The summed E-state index contributed by atoms with van der Waals surface area (Å²) < 4.78 is 10.1. The van der Waals surface area contributed by atoms with Gasteiger partial charge in [0.05, 0.1) is 10.2 Å². The van der Waals surface area contributed by atoms with E-state index in [1.165, 1.54) is 47.1 Å². The fourth-order valence-corrected chi connectivity index (χ4v) is 9.80. The molecule has 8 aromatic carbocycles. The summed E-state index contributed by atoms with van der Waals surface area (Å²) >= 11 is 3.60. The average molecular weight is 727 g/mol. The van der Waals surface area contributed by atoms with Crippen LogP contribution in [0.4, 0.5) is 17.1 Å². The lowest BCUT2D eigenvalue weighted by Crippen LogP contribution is -2.09. The van der Waals surface area contributed by atoms with Crippen LogP contribution in [0.3, 0.4) is 0 Å². The van der Waals surface area contributed by atoms with Crippen molar-refractivity contribution in [3.8, 4) is 32.8 Å². The first-order valence-corrected chi connectivity index (χ1v) is 19.7. The van der Waals surface area contributed by atoms with Crippen LogP contribution >= 0.6 is 22.7 Å². The molecule has 11 aromatic rings. The van der Waals surface area contributed by atoms with Crippen LogP contribution in [-0.4, -0.2) is 4.98 Å². The van der Waals surface area contributed by atoms with Crippen LogP contribution in [0, 0.1) is 0 Å². The van der Waals surface area contributed by atoms with E-state index in [0.717, 1.165) is 55.1 Å². The van der Waals surface area contributed by atoms with Gasteiger partial charge in [-0.3, -0.25) is 0 Å². The van der Waals surface area contributed by atoms with Crippen molar-refractivity contribution in [3.05, 3.63) is 182 Å². The molecule has 3 heterocycles. The second-order valence-corrected chi connectivity index (χ2v) is 15.7. The number of thiophene rings is 1. The van der Waals surface area contributed by atoms with E-state index in [1.54, 1.807) is 11.3 Å². The topological polar surface area (TPSA) is 29.3 Å². The third-order valence-electron chi connectivity index (χ3n) is 10.3. The van der Waals surface area contributed by atoms with Crippen LogP contribution in [0.15, 0.2) is 186 Å². The van der Waals surface area contributed by atoms with Gasteiger partial charge in [-0.15, -0.1) is 22.7 Å². The Bertz CT molecular complexity index is 3140. The van der Waals surface area contributed by atoms with Gasteiger partial charge in [0.15, 0.2) is 0 Å². The molecule has 5 heteroatoms. The van der Waals surface area contributed by atoms with Crippen molar-refractivity contribution in [2.45, 2.75) is 0 Å². The van der Waals surface area contributed by atoms with Crippen molar-refractivity contribution in [3.63, 3.8) is 0 Å². The summed E-state index contributed by atoms with van der Waals surface area (Å²) in [5, 5.41) is 5.83. The number of furan rings is 1. The highest BCUT2D eigenvalue weighted by Gasteiger charge is 2.18. The maximum atomic E-state index is 6.34. The molecule has 0 atom stereocenters. The van der Waals surface area contributed by atoms with Crippen LogP contribution in [0.1, 0.15) is 0 Å². The van der Waals surface area contributed by atoms with Gasteiger partial charge in [-0.1, -0.05) is 115 Å². The molecule has 11 rings (SSSR count). The molecular weight excluding hydrogens is 697 g/mol. The van der Waals surface area contributed by atoms with Crippen molar-refractivity contribution < 1.29 is 4.42 Å². The molecule has 3 aromatic heterocycles. The molecule has 0 aliphatic carbocycles. The Balaban J connectivity index is 0.977. The van der Waals surface area contributed by atoms with Gasteiger partial charge in [0.2, 0.25) is 0 Å². The first kappa shape index (κ1) is 31.0. The summed E-state index contributed by atoms with van der Waals surface area (Å²) in [6.45, 7) is 0. The summed E-state index contributed by atoms with van der Waals surface area (Å²) in [7, 11) is 0. The fourth-order valence-electron chi connectivity index (χ4n) is 7.67. The largest absolute Gasteiger partial charge is 0.456 e. The Morgan fingerprint density at radius 2 is 0.963 bits per heavy atom. The minimum atomic E-state index is 0.874. The Morgan fingerprint density at radius 1 is 0.389 bits per heavy atom. The fraction of sp³-hybridized carbons (Fsp3) is 0. The first-order valence-electron chi connectivity index (χ1n) is 18.0. The molecule has 0 spiro atoms. The summed E-state index contributed by atoms with van der Waals surface area (Å²) in [5.41, 5.74) is 12.0. The molecule has 0 saturated carbocycles. The normalized spacial score (nSPS) is 11.7. The van der Waals surface area contributed by atoms with E-state index in [0.29, 0.717) is 0 Å². The smallest absolute Gasteiger partial charge is 0.137 e. The van der Waals surface area contributed by atoms with Crippen molar-refractivity contribution in [2.75, 3.05) is 4.90 Å². The van der Waals surface area contributed by atoms with Crippen LogP contribution < -0.4 is 4.90 Å².